The van der Waals surface area contributed by atoms with Gasteiger partial charge < -0.3 is 19.9 Å². The first-order valence-electron chi connectivity index (χ1n) is 7.99. The van der Waals surface area contributed by atoms with Crippen LogP contribution in [-0.2, 0) is 11.4 Å². The molecule has 2 N–H and O–H groups in total. The first-order valence-corrected chi connectivity index (χ1v) is 9.21. The number of benzene rings is 2. The summed E-state index contributed by atoms with van der Waals surface area (Å²) in [5, 5.41) is 12.1. The molecule has 7 heteroatoms. The lowest BCUT2D eigenvalue weighted by molar-refractivity contribution is -0.115. The summed E-state index contributed by atoms with van der Waals surface area (Å²) in [5.41, 5.74) is 2.35. The summed E-state index contributed by atoms with van der Waals surface area (Å²) in [6.45, 7) is 3.83. The van der Waals surface area contributed by atoms with Crippen molar-refractivity contribution >= 4 is 46.0 Å². The molecule has 1 aliphatic rings. The van der Waals surface area contributed by atoms with Crippen LogP contribution in [0.25, 0.3) is 11.8 Å². The minimum Gasteiger partial charge on any atom is -0.508 e. The van der Waals surface area contributed by atoms with E-state index in [1.165, 1.54) is 11.8 Å². The number of thiocarbonyl (C=S) groups is 1. The third-order valence-corrected chi connectivity index (χ3v) is 4.94. The summed E-state index contributed by atoms with van der Waals surface area (Å²) >= 11 is 6.22. The Balaban J connectivity index is 1.76. The van der Waals surface area contributed by atoms with Gasteiger partial charge >= 0.3 is 0 Å². The normalized spacial score (nSPS) is 14.9. The summed E-state index contributed by atoms with van der Waals surface area (Å²) in [6.07, 6.45) is 1.75. The monoisotopic (exact) mass is 399 g/mol. The van der Waals surface area contributed by atoms with Gasteiger partial charge in [-0.15, -0.1) is 0 Å². The van der Waals surface area contributed by atoms with Crippen LogP contribution in [0.5, 0.6) is 11.5 Å². The third-order valence-electron chi connectivity index (χ3n) is 3.78. The predicted molar refractivity (Wildman–Crippen MR) is 112 cm³/mol. The molecule has 1 saturated heterocycles. The molecule has 1 amide bonds. The Kier molecular flexibility index (Phi) is 5.83. The largest absolute Gasteiger partial charge is 0.508 e. The average molecular weight is 399 g/mol. The van der Waals surface area contributed by atoms with E-state index in [4.69, 9.17) is 21.7 Å². The van der Waals surface area contributed by atoms with Gasteiger partial charge in [-0.2, -0.15) is 0 Å². The summed E-state index contributed by atoms with van der Waals surface area (Å²) in [4.78, 5) is 12.3. The molecule has 0 bridgehead atoms. The number of aliphatic hydroxyl groups is 1. The molecule has 3 rings (SSSR count). The second-order valence-corrected chi connectivity index (χ2v) is 7.42. The van der Waals surface area contributed by atoms with E-state index in [1.54, 1.807) is 31.4 Å². The van der Waals surface area contributed by atoms with Crippen molar-refractivity contribution in [2.75, 3.05) is 7.11 Å². The van der Waals surface area contributed by atoms with Crippen LogP contribution >= 0.6 is 24.0 Å². The molecule has 0 saturated carbocycles. The smallest absolute Gasteiger partial charge is 0.263 e. The van der Waals surface area contributed by atoms with Crippen molar-refractivity contribution < 1.29 is 19.4 Å². The fraction of sp³-hybridized carbons (Fsp3) is 0.100. The molecule has 2 aromatic carbocycles. The number of carbonyl (C=O) groups is 1. The quantitative estimate of drug-likeness (QED) is 0.429. The number of thioether (sulfide) groups is 1. The molecule has 1 heterocycles. The number of rotatable bonds is 6. The van der Waals surface area contributed by atoms with Gasteiger partial charge in [0.15, 0.2) is 11.5 Å². The van der Waals surface area contributed by atoms with Crippen LogP contribution in [0.1, 0.15) is 16.7 Å². The van der Waals surface area contributed by atoms with Gasteiger partial charge in [-0.25, -0.2) is 0 Å². The Bertz CT molecular complexity index is 953. The molecule has 27 heavy (non-hydrogen) atoms. The topological polar surface area (TPSA) is 67.8 Å². The molecule has 0 spiro atoms. The fourth-order valence-corrected chi connectivity index (χ4v) is 3.51. The molecule has 138 valence electrons. The Morgan fingerprint density at radius 1 is 1.30 bits per heavy atom. The van der Waals surface area contributed by atoms with E-state index in [1.807, 2.05) is 24.3 Å². The van der Waals surface area contributed by atoms with Gasteiger partial charge in [-0.1, -0.05) is 54.8 Å². The number of methoxy groups -OCH3 is 1. The zero-order valence-electron chi connectivity index (χ0n) is 14.5. The van der Waals surface area contributed by atoms with Crippen LogP contribution < -0.4 is 14.8 Å². The van der Waals surface area contributed by atoms with Crippen molar-refractivity contribution in [3.8, 4) is 11.5 Å². The highest BCUT2D eigenvalue weighted by Gasteiger charge is 2.22. The van der Waals surface area contributed by atoms with E-state index < -0.39 is 0 Å². The minimum atomic E-state index is -0.199. The molecule has 5 nitrogen and oxygen atoms in total. The van der Waals surface area contributed by atoms with Crippen molar-refractivity contribution in [2.24, 2.45) is 0 Å². The number of hydrogen-bond acceptors (Lipinski definition) is 6. The van der Waals surface area contributed by atoms with Gasteiger partial charge in [0.05, 0.1) is 12.0 Å². The third kappa shape index (κ3) is 4.69. The number of nitrogens with one attached hydrogen (secondary N) is 1. The SMILES string of the molecule is C=C(O)c1cccc(COc2ccc(/C=C3\SC(=S)NC3=O)cc2OC)c1. The number of aliphatic hydroxyl groups excluding tert-OH is 1. The highest BCUT2D eigenvalue weighted by molar-refractivity contribution is 8.26. The Labute approximate surface area is 166 Å². The van der Waals surface area contributed by atoms with Gasteiger partial charge in [-0.05, 0) is 35.4 Å². The maximum absolute atomic E-state index is 11.8. The van der Waals surface area contributed by atoms with Crippen LogP contribution in [0.15, 0.2) is 53.9 Å². The van der Waals surface area contributed by atoms with Gasteiger partial charge in [0, 0.05) is 5.56 Å². The number of hydrogen-bond donors (Lipinski definition) is 2. The van der Waals surface area contributed by atoms with E-state index in [0.29, 0.717) is 32.9 Å². The zero-order valence-corrected chi connectivity index (χ0v) is 16.2. The molecular formula is C20H17NO4S2. The molecule has 0 aliphatic carbocycles. The van der Waals surface area contributed by atoms with E-state index in [9.17, 15) is 9.90 Å². The lowest BCUT2D eigenvalue weighted by Crippen LogP contribution is -2.17. The first-order chi connectivity index (χ1) is 13.0. The molecule has 2 aromatic rings. The van der Waals surface area contributed by atoms with Gasteiger partial charge in [0.1, 0.15) is 16.7 Å². The molecule has 0 radical (unpaired) electrons. The van der Waals surface area contributed by atoms with Crippen molar-refractivity contribution in [1.82, 2.24) is 5.32 Å². The maximum Gasteiger partial charge on any atom is 0.263 e. The Morgan fingerprint density at radius 3 is 2.78 bits per heavy atom. The van der Waals surface area contributed by atoms with E-state index in [2.05, 4.69) is 11.9 Å². The van der Waals surface area contributed by atoms with Crippen LogP contribution in [-0.4, -0.2) is 22.4 Å². The zero-order chi connectivity index (χ0) is 19.4. The molecule has 0 aromatic heterocycles. The molecular weight excluding hydrogens is 382 g/mol. The van der Waals surface area contributed by atoms with Crippen molar-refractivity contribution in [3.05, 3.63) is 70.6 Å². The number of carbonyl (C=O) groups excluding carboxylic acids is 1. The summed E-state index contributed by atoms with van der Waals surface area (Å²) in [5.74, 6) is 0.944. The van der Waals surface area contributed by atoms with E-state index >= 15 is 0 Å². The van der Waals surface area contributed by atoms with Crippen molar-refractivity contribution in [2.45, 2.75) is 6.61 Å². The minimum absolute atomic E-state index is 0.0140. The average Bonchev–Trinajstić information content (AvgIpc) is 2.97. The maximum atomic E-state index is 11.8. The fourth-order valence-electron chi connectivity index (χ4n) is 2.47. The van der Waals surface area contributed by atoms with Crippen molar-refractivity contribution in [1.29, 1.82) is 0 Å². The molecule has 0 atom stereocenters. The van der Waals surface area contributed by atoms with Gasteiger partial charge in [0.2, 0.25) is 0 Å². The van der Waals surface area contributed by atoms with Gasteiger partial charge in [-0.3, -0.25) is 4.79 Å². The van der Waals surface area contributed by atoms with Crippen LogP contribution in [0.4, 0.5) is 0 Å². The Hall–Kier alpha value is -2.77. The summed E-state index contributed by atoms with van der Waals surface area (Å²) < 4.78 is 11.7. The second kappa shape index (κ2) is 8.28. The lowest BCUT2D eigenvalue weighted by Gasteiger charge is -2.12. The predicted octanol–water partition coefficient (Wildman–Crippen LogP) is 4.29. The number of ether oxygens (including phenoxy) is 2. The standard InChI is InChI=1S/C20H17NO4S2/c1-12(22)15-5-3-4-14(8-15)11-25-16-7-6-13(9-17(16)24-2)10-18-19(23)21-20(26)27-18/h3-10,22H,1,11H2,2H3,(H,21,23,26)/b18-10-. The van der Waals surface area contributed by atoms with Gasteiger partial charge in [0.25, 0.3) is 5.91 Å². The number of amides is 1. The van der Waals surface area contributed by atoms with E-state index in [0.717, 1.165) is 11.1 Å². The second-order valence-electron chi connectivity index (χ2n) is 5.70. The van der Waals surface area contributed by atoms with E-state index in [-0.39, 0.29) is 11.7 Å². The molecule has 1 aliphatic heterocycles. The van der Waals surface area contributed by atoms with Crippen LogP contribution in [0.3, 0.4) is 0 Å². The van der Waals surface area contributed by atoms with Crippen LogP contribution in [0.2, 0.25) is 0 Å². The summed E-state index contributed by atoms with van der Waals surface area (Å²) in [6, 6.07) is 12.7. The first kappa shape index (κ1) is 19.0. The lowest BCUT2D eigenvalue weighted by atomic mass is 10.1. The summed E-state index contributed by atoms with van der Waals surface area (Å²) in [7, 11) is 1.56. The Morgan fingerprint density at radius 2 is 2.11 bits per heavy atom. The van der Waals surface area contributed by atoms with Crippen molar-refractivity contribution in [3.63, 3.8) is 0 Å². The molecule has 1 fully saturated rings. The highest BCUT2D eigenvalue weighted by Crippen LogP contribution is 2.32. The highest BCUT2D eigenvalue weighted by atomic mass is 32.2. The molecule has 0 unspecified atom stereocenters. The van der Waals surface area contributed by atoms with Crippen LogP contribution in [0, 0.1) is 0 Å².